The second kappa shape index (κ2) is 8.88. The van der Waals surface area contributed by atoms with Gasteiger partial charge in [-0.15, -0.1) is 0 Å². The number of nitrogens with one attached hydrogen (secondary N) is 1. The quantitative estimate of drug-likeness (QED) is 0.352. The number of hydrogen-bond acceptors (Lipinski definition) is 6. The molecule has 4 N–H and O–H groups in total. The topological polar surface area (TPSA) is 116 Å². The van der Waals surface area contributed by atoms with Gasteiger partial charge in [0, 0.05) is 23.1 Å². The summed E-state index contributed by atoms with van der Waals surface area (Å²) >= 11 is 0. The first-order valence-electron chi connectivity index (χ1n) is 10.9. The van der Waals surface area contributed by atoms with Crippen molar-refractivity contribution in [2.45, 2.75) is 30.8 Å². The zero-order chi connectivity index (χ0) is 22.9. The van der Waals surface area contributed by atoms with E-state index in [1.807, 2.05) is 48.5 Å². The minimum Gasteiger partial charge on any atom is -0.394 e. The number of carbonyl (C=O) groups excluding carboxylic acids is 1. The van der Waals surface area contributed by atoms with Gasteiger partial charge in [-0.05, 0) is 29.8 Å². The molecule has 2 heterocycles. The molecule has 168 valence electrons. The second-order valence-corrected chi connectivity index (χ2v) is 8.29. The number of ketones is 1. The molecule has 1 aliphatic heterocycles. The van der Waals surface area contributed by atoms with Crippen molar-refractivity contribution in [2.24, 2.45) is 0 Å². The molecule has 0 spiro atoms. The first kappa shape index (κ1) is 21.5. The fraction of sp³-hybridized carbons (Fsp3) is 0.231. The van der Waals surface area contributed by atoms with Gasteiger partial charge >= 0.3 is 0 Å². The van der Waals surface area contributed by atoms with Gasteiger partial charge in [0.1, 0.15) is 18.0 Å². The van der Waals surface area contributed by atoms with E-state index in [2.05, 4.69) is 9.97 Å². The van der Waals surface area contributed by atoms with E-state index in [-0.39, 0.29) is 18.8 Å². The average molecular weight is 444 g/mol. The highest BCUT2D eigenvalue weighted by Gasteiger charge is 2.37. The monoisotopic (exact) mass is 444 g/mol. The normalized spacial score (nSPS) is 23.0. The van der Waals surface area contributed by atoms with E-state index >= 15 is 0 Å². The Labute approximate surface area is 190 Å². The molecule has 0 aliphatic carbocycles. The van der Waals surface area contributed by atoms with Crippen LogP contribution in [0, 0.1) is 0 Å². The molecule has 0 saturated carbocycles. The van der Waals surface area contributed by atoms with Crippen LogP contribution in [0.1, 0.15) is 34.0 Å². The van der Waals surface area contributed by atoms with Crippen molar-refractivity contribution in [2.75, 3.05) is 6.61 Å². The summed E-state index contributed by atoms with van der Waals surface area (Å²) in [5.41, 5.74) is 4.11. The molecule has 1 saturated heterocycles. The van der Waals surface area contributed by atoms with Crippen LogP contribution >= 0.6 is 0 Å². The van der Waals surface area contributed by atoms with Gasteiger partial charge in [0.25, 0.3) is 0 Å². The highest BCUT2D eigenvalue weighted by molar-refractivity contribution is 6.10. The molecule has 1 fully saturated rings. The molecule has 7 nitrogen and oxygen atoms in total. The largest absolute Gasteiger partial charge is 0.394 e. The Kier molecular flexibility index (Phi) is 5.78. The summed E-state index contributed by atoms with van der Waals surface area (Å²) in [5, 5.41) is 30.1. The lowest BCUT2D eigenvalue weighted by molar-refractivity contribution is -0.179. The highest BCUT2D eigenvalue weighted by atomic mass is 16.5. The van der Waals surface area contributed by atoms with Crippen molar-refractivity contribution in [3.8, 4) is 11.4 Å². The van der Waals surface area contributed by atoms with E-state index < -0.39 is 24.4 Å². The lowest BCUT2D eigenvalue weighted by atomic mass is 9.92. The molecule has 0 amide bonds. The maximum atomic E-state index is 12.8. The number of nitrogens with zero attached hydrogens (tertiary/aromatic N) is 1. The van der Waals surface area contributed by atoms with E-state index in [9.17, 15) is 20.1 Å². The molecule has 5 rings (SSSR count). The van der Waals surface area contributed by atoms with E-state index in [0.717, 1.165) is 16.6 Å². The maximum absolute atomic E-state index is 12.8. The Morgan fingerprint density at radius 3 is 2.61 bits per heavy atom. The van der Waals surface area contributed by atoms with Crippen LogP contribution < -0.4 is 0 Å². The number of fused-ring (bicyclic) bond motifs is 1. The summed E-state index contributed by atoms with van der Waals surface area (Å²) < 4.78 is 5.81. The number of aliphatic hydroxyl groups excluding tert-OH is 3. The molecule has 4 unspecified atom stereocenters. The van der Waals surface area contributed by atoms with E-state index in [1.165, 1.54) is 0 Å². The third-order valence-corrected chi connectivity index (χ3v) is 6.02. The van der Waals surface area contributed by atoms with E-state index in [0.29, 0.717) is 22.5 Å². The van der Waals surface area contributed by atoms with Crippen molar-refractivity contribution in [3.63, 3.8) is 0 Å². The Balaban J connectivity index is 1.45. The SMILES string of the molecule is O=C(c1ccccc1)c1ccc2nc(-c3cccc(C4OC(CO)CC(O)C4O)c3)[nH]c2c1. The van der Waals surface area contributed by atoms with Gasteiger partial charge in [0.05, 0.1) is 29.8 Å². The van der Waals surface area contributed by atoms with Crippen molar-refractivity contribution in [1.29, 1.82) is 0 Å². The third-order valence-electron chi connectivity index (χ3n) is 6.02. The number of H-pyrrole nitrogens is 1. The van der Waals surface area contributed by atoms with Crippen LogP contribution in [0.15, 0.2) is 72.8 Å². The summed E-state index contributed by atoms with van der Waals surface area (Å²) in [6.45, 7) is -0.229. The Hall–Kier alpha value is -3.36. The minimum atomic E-state index is -1.09. The molecule has 4 aromatic rings. The standard InChI is InChI=1S/C26H24N2O5/c29-14-19-13-22(30)24(32)25(33-19)17-7-4-8-18(11-17)26-27-20-10-9-16(12-21(20)28-26)23(31)15-5-2-1-3-6-15/h1-12,19,22,24-25,29-30,32H,13-14H2,(H,27,28). The van der Waals surface area contributed by atoms with Crippen LogP contribution in [-0.2, 0) is 4.74 Å². The summed E-state index contributed by atoms with van der Waals surface area (Å²) in [6.07, 6.45) is -3.18. The summed E-state index contributed by atoms with van der Waals surface area (Å²) in [4.78, 5) is 20.7. The number of rotatable bonds is 5. The number of imidazole rings is 1. The molecule has 33 heavy (non-hydrogen) atoms. The van der Waals surface area contributed by atoms with Crippen molar-refractivity contribution in [1.82, 2.24) is 9.97 Å². The van der Waals surface area contributed by atoms with Crippen LogP contribution in [0.25, 0.3) is 22.4 Å². The summed E-state index contributed by atoms with van der Waals surface area (Å²) in [7, 11) is 0. The molecule has 1 aliphatic rings. The Morgan fingerprint density at radius 2 is 1.82 bits per heavy atom. The third kappa shape index (κ3) is 4.19. The molecule has 0 bridgehead atoms. The number of aromatic amines is 1. The lowest BCUT2D eigenvalue weighted by Crippen LogP contribution is -2.44. The average Bonchev–Trinajstić information content (AvgIpc) is 3.29. The number of ether oxygens (including phenoxy) is 1. The van der Waals surface area contributed by atoms with E-state index in [4.69, 9.17) is 4.74 Å². The van der Waals surface area contributed by atoms with Gasteiger partial charge in [0.15, 0.2) is 5.78 Å². The number of aromatic nitrogens is 2. The van der Waals surface area contributed by atoms with Crippen molar-refractivity contribution < 1.29 is 24.9 Å². The Bertz CT molecular complexity index is 1290. The van der Waals surface area contributed by atoms with Crippen LogP contribution in [0.4, 0.5) is 0 Å². The molecule has 4 atom stereocenters. The van der Waals surface area contributed by atoms with Crippen LogP contribution in [0.3, 0.4) is 0 Å². The van der Waals surface area contributed by atoms with Crippen LogP contribution in [-0.4, -0.2) is 56.0 Å². The summed E-state index contributed by atoms with van der Waals surface area (Å²) in [5.74, 6) is 0.553. The zero-order valence-corrected chi connectivity index (χ0v) is 17.8. The molecule has 3 aromatic carbocycles. The molecular formula is C26H24N2O5. The molecule has 1 aromatic heterocycles. The fourth-order valence-corrected chi connectivity index (χ4v) is 4.25. The first-order chi connectivity index (χ1) is 16.0. The number of carbonyl (C=O) groups is 1. The number of benzene rings is 3. The second-order valence-electron chi connectivity index (χ2n) is 8.29. The maximum Gasteiger partial charge on any atom is 0.193 e. The fourth-order valence-electron chi connectivity index (χ4n) is 4.25. The molecule has 0 radical (unpaired) electrons. The smallest absolute Gasteiger partial charge is 0.193 e. The van der Waals surface area contributed by atoms with Gasteiger partial charge in [-0.25, -0.2) is 4.98 Å². The number of aliphatic hydroxyl groups is 3. The first-order valence-corrected chi connectivity index (χ1v) is 10.9. The van der Waals surface area contributed by atoms with Gasteiger partial charge in [-0.3, -0.25) is 4.79 Å². The van der Waals surface area contributed by atoms with Crippen LogP contribution in [0.5, 0.6) is 0 Å². The van der Waals surface area contributed by atoms with Crippen molar-refractivity contribution in [3.05, 3.63) is 89.5 Å². The van der Waals surface area contributed by atoms with Crippen molar-refractivity contribution >= 4 is 16.8 Å². The zero-order valence-electron chi connectivity index (χ0n) is 17.8. The molecular weight excluding hydrogens is 420 g/mol. The molecule has 7 heteroatoms. The van der Waals surface area contributed by atoms with E-state index in [1.54, 1.807) is 24.3 Å². The summed E-state index contributed by atoms with van der Waals surface area (Å²) in [6, 6.07) is 21.8. The van der Waals surface area contributed by atoms with Gasteiger partial charge in [0.2, 0.25) is 0 Å². The van der Waals surface area contributed by atoms with Crippen LogP contribution in [0.2, 0.25) is 0 Å². The minimum absolute atomic E-state index is 0.0592. The number of hydrogen-bond donors (Lipinski definition) is 4. The Morgan fingerprint density at radius 1 is 1.00 bits per heavy atom. The van der Waals surface area contributed by atoms with Gasteiger partial charge in [-0.1, -0.05) is 48.5 Å². The lowest BCUT2D eigenvalue weighted by Gasteiger charge is -2.36. The predicted octanol–water partition coefficient (Wildman–Crippen LogP) is 3.01. The van der Waals surface area contributed by atoms with Gasteiger partial charge in [-0.2, -0.15) is 0 Å². The predicted molar refractivity (Wildman–Crippen MR) is 123 cm³/mol. The highest BCUT2D eigenvalue weighted by Crippen LogP contribution is 2.34. The van der Waals surface area contributed by atoms with Gasteiger partial charge < -0.3 is 25.0 Å².